The van der Waals surface area contributed by atoms with Crippen LogP contribution < -0.4 is 11.5 Å². The van der Waals surface area contributed by atoms with Gasteiger partial charge in [0.05, 0.1) is 17.3 Å². The van der Waals surface area contributed by atoms with Crippen LogP contribution in [-0.4, -0.2) is 40.0 Å². The van der Waals surface area contributed by atoms with E-state index in [2.05, 4.69) is 10.2 Å². The van der Waals surface area contributed by atoms with E-state index in [1.54, 1.807) is 11.8 Å². The number of primary amides is 1. The first-order valence-corrected chi connectivity index (χ1v) is 5.89. The van der Waals surface area contributed by atoms with E-state index in [4.69, 9.17) is 11.5 Å². The highest BCUT2D eigenvalue weighted by atomic mass is 16.2. The number of H-pyrrole nitrogens is 1. The van der Waals surface area contributed by atoms with E-state index < -0.39 is 0 Å². The number of likely N-dealkylation sites (tertiary alicyclic amines) is 1. The highest BCUT2D eigenvalue weighted by Gasteiger charge is 2.29. The Labute approximate surface area is 105 Å². The molecule has 7 heteroatoms. The van der Waals surface area contributed by atoms with Crippen LogP contribution in [0.2, 0.25) is 0 Å². The van der Waals surface area contributed by atoms with Crippen LogP contribution in [0.5, 0.6) is 0 Å². The lowest BCUT2D eigenvalue weighted by atomic mass is 9.97. The third-order valence-corrected chi connectivity index (χ3v) is 3.31. The van der Waals surface area contributed by atoms with Gasteiger partial charge in [0.2, 0.25) is 5.91 Å². The van der Waals surface area contributed by atoms with Crippen molar-refractivity contribution >= 4 is 17.5 Å². The van der Waals surface area contributed by atoms with Gasteiger partial charge in [-0.1, -0.05) is 0 Å². The Kier molecular flexibility index (Phi) is 3.22. The van der Waals surface area contributed by atoms with E-state index in [1.165, 1.54) is 0 Å². The molecule has 98 valence electrons. The molecule has 7 nitrogen and oxygen atoms in total. The number of nitrogens with two attached hydrogens (primary N) is 2. The van der Waals surface area contributed by atoms with Crippen LogP contribution >= 0.6 is 0 Å². The van der Waals surface area contributed by atoms with Gasteiger partial charge in [0, 0.05) is 13.1 Å². The van der Waals surface area contributed by atoms with Crippen LogP contribution in [0.1, 0.15) is 29.0 Å². The normalized spacial score (nSPS) is 19.8. The SMILES string of the molecule is Cc1[nH]nc(C(=O)N2CCCC(C(N)=O)C2)c1N. The zero-order chi connectivity index (χ0) is 13.3. The lowest BCUT2D eigenvalue weighted by Gasteiger charge is -2.30. The number of hydrogen-bond donors (Lipinski definition) is 3. The molecule has 0 radical (unpaired) electrons. The van der Waals surface area contributed by atoms with Crippen molar-refractivity contribution in [2.75, 3.05) is 18.8 Å². The number of aryl methyl sites for hydroxylation is 1. The topological polar surface area (TPSA) is 118 Å². The number of rotatable bonds is 2. The van der Waals surface area contributed by atoms with Crippen molar-refractivity contribution in [1.82, 2.24) is 15.1 Å². The summed E-state index contributed by atoms with van der Waals surface area (Å²) < 4.78 is 0. The van der Waals surface area contributed by atoms with Crippen molar-refractivity contribution in [2.24, 2.45) is 11.7 Å². The number of aromatic nitrogens is 2. The molecule has 2 heterocycles. The minimum atomic E-state index is -0.362. The number of hydrogen-bond acceptors (Lipinski definition) is 4. The summed E-state index contributed by atoms with van der Waals surface area (Å²) in [6.07, 6.45) is 1.50. The van der Waals surface area contributed by atoms with E-state index in [9.17, 15) is 9.59 Å². The van der Waals surface area contributed by atoms with Crippen molar-refractivity contribution in [1.29, 1.82) is 0 Å². The standard InChI is InChI=1S/C11H17N5O2/c1-6-8(12)9(15-14-6)11(18)16-4-2-3-7(5-16)10(13)17/h7H,2-5,12H2,1H3,(H2,13,17)(H,14,15). The average molecular weight is 251 g/mol. The van der Waals surface area contributed by atoms with E-state index in [0.29, 0.717) is 24.5 Å². The number of nitrogens with zero attached hydrogens (tertiary/aromatic N) is 2. The fourth-order valence-electron chi connectivity index (χ4n) is 2.14. The maximum absolute atomic E-state index is 12.2. The van der Waals surface area contributed by atoms with Gasteiger partial charge in [0.1, 0.15) is 0 Å². The first-order valence-electron chi connectivity index (χ1n) is 5.89. The summed E-state index contributed by atoms with van der Waals surface area (Å²) in [7, 11) is 0. The molecule has 1 saturated heterocycles. The predicted octanol–water partition coefficient (Wildman–Crippen LogP) is -0.362. The molecular weight excluding hydrogens is 234 g/mol. The number of aromatic amines is 1. The summed E-state index contributed by atoms with van der Waals surface area (Å²) in [6, 6.07) is 0. The van der Waals surface area contributed by atoms with Gasteiger partial charge < -0.3 is 16.4 Å². The van der Waals surface area contributed by atoms with Gasteiger partial charge >= 0.3 is 0 Å². The molecule has 1 unspecified atom stereocenters. The molecule has 0 bridgehead atoms. The minimum Gasteiger partial charge on any atom is -0.395 e. The Balaban J connectivity index is 2.14. The van der Waals surface area contributed by atoms with Crippen LogP contribution in [0.15, 0.2) is 0 Å². The second-order valence-electron chi connectivity index (χ2n) is 4.60. The number of nitrogen functional groups attached to an aromatic ring is 1. The number of anilines is 1. The molecule has 0 aliphatic carbocycles. The fraction of sp³-hybridized carbons (Fsp3) is 0.545. The molecule has 0 aromatic carbocycles. The molecule has 5 N–H and O–H groups in total. The first-order chi connectivity index (χ1) is 8.50. The van der Waals surface area contributed by atoms with Crippen molar-refractivity contribution in [2.45, 2.75) is 19.8 Å². The second kappa shape index (κ2) is 4.67. The van der Waals surface area contributed by atoms with Crippen LogP contribution in [0.25, 0.3) is 0 Å². The fourth-order valence-corrected chi connectivity index (χ4v) is 2.14. The van der Waals surface area contributed by atoms with Gasteiger partial charge in [0.25, 0.3) is 5.91 Å². The summed E-state index contributed by atoms with van der Waals surface area (Å²) >= 11 is 0. The summed E-state index contributed by atoms with van der Waals surface area (Å²) in [5.74, 6) is -0.884. The van der Waals surface area contributed by atoms with E-state index >= 15 is 0 Å². The highest BCUT2D eigenvalue weighted by molar-refractivity contribution is 5.98. The predicted molar refractivity (Wildman–Crippen MR) is 65.6 cm³/mol. The van der Waals surface area contributed by atoms with Crippen LogP contribution in [0.4, 0.5) is 5.69 Å². The lowest BCUT2D eigenvalue weighted by molar-refractivity contribution is -0.123. The summed E-state index contributed by atoms with van der Waals surface area (Å²) in [4.78, 5) is 25.0. The second-order valence-corrected chi connectivity index (χ2v) is 4.60. The molecule has 1 aliphatic heterocycles. The first kappa shape index (κ1) is 12.4. The van der Waals surface area contributed by atoms with Crippen LogP contribution in [0.3, 0.4) is 0 Å². The molecule has 2 amide bonds. The molecule has 0 spiro atoms. The molecule has 2 rings (SSSR count). The third kappa shape index (κ3) is 2.15. The van der Waals surface area contributed by atoms with Crippen LogP contribution in [0, 0.1) is 12.8 Å². The number of amides is 2. The molecule has 1 atom stereocenters. The molecule has 1 fully saturated rings. The zero-order valence-corrected chi connectivity index (χ0v) is 10.3. The van der Waals surface area contributed by atoms with E-state index in [-0.39, 0.29) is 23.4 Å². The molecule has 18 heavy (non-hydrogen) atoms. The number of carbonyl (C=O) groups is 2. The van der Waals surface area contributed by atoms with Gasteiger partial charge in [-0.2, -0.15) is 5.10 Å². The number of piperidine rings is 1. The Bertz CT molecular complexity index is 482. The highest BCUT2D eigenvalue weighted by Crippen LogP contribution is 2.20. The van der Waals surface area contributed by atoms with Crippen molar-refractivity contribution in [3.05, 3.63) is 11.4 Å². The van der Waals surface area contributed by atoms with E-state index in [1.807, 2.05) is 0 Å². The molecular formula is C11H17N5O2. The Morgan fingerprint density at radius 3 is 2.78 bits per heavy atom. The van der Waals surface area contributed by atoms with Gasteiger partial charge in [-0.3, -0.25) is 14.7 Å². The summed E-state index contributed by atoms with van der Waals surface area (Å²) in [5.41, 5.74) is 12.3. The summed E-state index contributed by atoms with van der Waals surface area (Å²) in [5, 5.41) is 6.58. The molecule has 1 aromatic rings. The number of carbonyl (C=O) groups excluding carboxylic acids is 2. The lowest BCUT2D eigenvalue weighted by Crippen LogP contribution is -2.44. The molecule has 1 aliphatic rings. The molecule has 1 aromatic heterocycles. The maximum atomic E-state index is 12.2. The van der Waals surface area contributed by atoms with Crippen LogP contribution in [-0.2, 0) is 4.79 Å². The monoisotopic (exact) mass is 251 g/mol. The number of nitrogens with one attached hydrogen (secondary N) is 1. The summed E-state index contributed by atoms with van der Waals surface area (Å²) in [6.45, 7) is 2.70. The minimum absolute atomic E-state index is 0.220. The molecule has 0 saturated carbocycles. The van der Waals surface area contributed by atoms with Gasteiger partial charge in [-0.25, -0.2) is 0 Å². The quantitative estimate of drug-likeness (QED) is 0.665. The van der Waals surface area contributed by atoms with Gasteiger partial charge in [-0.05, 0) is 19.8 Å². The third-order valence-electron chi connectivity index (χ3n) is 3.31. The van der Waals surface area contributed by atoms with Crippen molar-refractivity contribution < 1.29 is 9.59 Å². The van der Waals surface area contributed by atoms with Gasteiger partial charge in [0.15, 0.2) is 5.69 Å². The Morgan fingerprint density at radius 1 is 1.50 bits per heavy atom. The zero-order valence-electron chi connectivity index (χ0n) is 10.3. The Hall–Kier alpha value is -2.05. The Morgan fingerprint density at radius 2 is 2.22 bits per heavy atom. The van der Waals surface area contributed by atoms with Crippen molar-refractivity contribution in [3.8, 4) is 0 Å². The average Bonchev–Trinajstić information content (AvgIpc) is 2.69. The van der Waals surface area contributed by atoms with E-state index in [0.717, 1.165) is 12.8 Å². The van der Waals surface area contributed by atoms with Gasteiger partial charge in [-0.15, -0.1) is 0 Å². The smallest absolute Gasteiger partial charge is 0.276 e. The maximum Gasteiger partial charge on any atom is 0.276 e. The van der Waals surface area contributed by atoms with Crippen molar-refractivity contribution in [3.63, 3.8) is 0 Å². The largest absolute Gasteiger partial charge is 0.395 e.